The predicted octanol–water partition coefficient (Wildman–Crippen LogP) is 2.62. The first-order chi connectivity index (χ1) is 8.69. The summed E-state index contributed by atoms with van der Waals surface area (Å²) in [6, 6.07) is 10.3. The molecule has 0 saturated heterocycles. The lowest BCUT2D eigenvalue weighted by Crippen LogP contribution is -2.14. The van der Waals surface area contributed by atoms with E-state index in [1.165, 1.54) is 6.20 Å². The van der Waals surface area contributed by atoms with Gasteiger partial charge in [0.1, 0.15) is 17.2 Å². The predicted molar refractivity (Wildman–Crippen MR) is 68.3 cm³/mol. The van der Waals surface area contributed by atoms with Gasteiger partial charge < -0.3 is 15.7 Å². The van der Waals surface area contributed by atoms with Crippen LogP contribution in [0.1, 0.15) is 5.69 Å². The molecular weight excluding hydrogens is 254 g/mol. The molecule has 0 aliphatic rings. The summed E-state index contributed by atoms with van der Waals surface area (Å²) in [5, 5.41) is 11.9. The summed E-state index contributed by atoms with van der Waals surface area (Å²) in [5.41, 5.74) is 5.77. The molecule has 0 bridgehead atoms. The van der Waals surface area contributed by atoms with Gasteiger partial charge in [0.05, 0.1) is 6.20 Å². The molecule has 2 rings (SSSR count). The van der Waals surface area contributed by atoms with E-state index in [1.807, 2.05) is 0 Å². The molecule has 6 heteroatoms. The Hall–Kier alpha value is -2.27. The Labute approximate surface area is 108 Å². The summed E-state index contributed by atoms with van der Waals surface area (Å²) in [6.45, 7) is 0. The standard InChI is InChI=1S/C12H10ClN3O2/c13-8-2-1-3-9(6-8)18-10-4-5-11(15-7-10)12(14)16-17/h1-7,17H,(H2,14,16). The second-order valence-electron chi connectivity index (χ2n) is 3.42. The molecule has 0 unspecified atom stereocenters. The Bertz CT molecular complexity index is 570. The normalized spacial score (nSPS) is 11.3. The number of nitrogens with two attached hydrogens (primary N) is 1. The Balaban J connectivity index is 2.16. The highest BCUT2D eigenvalue weighted by atomic mass is 35.5. The van der Waals surface area contributed by atoms with Crippen molar-refractivity contribution in [1.29, 1.82) is 0 Å². The van der Waals surface area contributed by atoms with Crippen molar-refractivity contribution in [2.45, 2.75) is 0 Å². The van der Waals surface area contributed by atoms with Crippen molar-refractivity contribution in [3.05, 3.63) is 53.3 Å². The van der Waals surface area contributed by atoms with Gasteiger partial charge in [0.2, 0.25) is 0 Å². The number of hydrogen-bond donors (Lipinski definition) is 2. The van der Waals surface area contributed by atoms with Gasteiger partial charge in [0.15, 0.2) is 5.84 Å². The highest BCUT2D eigenvalue weighted by Crippen LogP contribution is 2.23. The molecule has 0 aliphatic carbocycles. The van der Waals surface area contributed by atoms with E-state index in [2.05, 4.69) is 10.1 Å². The molecule has 0 aliphatic heterocycles. The van der Waals surface area contributed by atoms with Gasteiger partial charge in [-0.2, -0.15) is 0 Å². The minimum absolute atomic E-state index is 0.0516. The van der Waals surface area contributed by atoms with E-state index in [1.54, 1.807) is 36.4 Å². The molecule has 2 aromatic rings. The van der Waals surface area contributed by atoms with Crippen LogP contribution in [0.4, 0.5) is 0 Å². The van der Waals surface area contributed by atoms with Gasteiger partial charge in [-0.05, 0) is 30.3 Å². The monoisotopic (exact) mass is 263 g/mol. The molecule has 1 aromatic heterocycles. The number of hydrogen-bond acceptors (Lipinski definition) is 4. The van der Waals surface area contributed by atoms with Crippen molar-refractivity contribution in [3.63, 3.8) is 0 Å². The third kappa shape index (κ3) is 2.89. The Morgan fingerprint density at radius 2 is 2.11 bits per heavy atom. The fraction of sp³-hybridized carbons (Fsp3) is 0. The third-order valence-corrected chi connectivity index (χ3v) is 2.37. The topological polar surface area (TPSA) is 80.7 Å². The lowest BCUT2D eigenvalue weighted by Gasteiger charge is -2.06. The number of rotatable bonds is 3. The fourth-order valence-electron chi connectivity index (χ4n) is 1.31. The molecule has 1 aromatic carbocycles. The summed E-state index contributed by atoms with van der Waals surface area (Å²) in [5.74, 6) is 1.09. The lowest BCUT2D eigenvalue weighted by molar-refractivity contribution is 0.318. The Morgan fingerprint density at radius 3 is 2.72 bits per heavy atom. The molecule has 5 nitrogen and oxygen atoms in total. The Morgan fingerprint density at radius 1 is 1.28 bits per heavy atom. The molecule has 0 fully saturated rings. The van der Waals surface area contributed by atoms with Gasteiger partial charge in [0.25, 0.3) is 0 Å². The summed E-state index contributed by atoms with van der Waals surface area (Å²) < 4.78 is 5.54. The van der Waals surface area contributed by atoms with E-state index in [0.717, 1.165) is 0 Å². The zero-order chi connectivity index (χ0) is 13.0. The smallest absolute Gasteiger partial charge is 0.188 e. The van der Waals surface area contributed by atoms with Gasteiger partial charge in [-0.1, -0.05) is 22.8 Å². The second-order valence-corrected chi connectivity index (χ2v) is 3.86. The van der Waals surface area contributed by atoms with Gasteiger partial charge >= 0.3 is 0 Å². The zero-order valence-corrected chi connectivity index (χ0v) is 10.0. The van der Waals surface area contributed by atoms with Crippen LogP contribution in [0.25, 0.3) is 0 Å². The molecule has 0 radical (unpaired) electrons. The number of halogens is 1. The SMILES string of the molecule is N/C(=N/O)c1ccc(Oc2cccc(Cl)c2)cn1. The number of aromatic nitrogens is 1. The van der Waals surface area contributed by atoms with Crippen molar-refractivity contribution in [1.82, 2.24) is 4.98 Å². The molecule has 0 amide bonds. The van der Waals surface area contributed by atoms with Gasteiger partial charge in [-0.3, -0.25) is 0 Å². The minimum atomic E-state index is -0.0516. The first-order valence-corrected chi connectivity index (χ1v) is 5.44. The second kappa shape index (κ2) is 5.37. The maximum absolute atomic E-state index is 8.50. The Kier molecular flexibility index (Phi) is 3.64. The summed E-state index contributed by atoms with van der Waals surface area (Å²) in [4.78, 5) is 3.99. The van der Waals surface area contributed by atoms with Crippen LogP contribution in [0.2, 0.25) is 5.02 Å². The molecule has 0 atom stereocenters. The zero-order valence-electron chi connectivity index (χ0n) is 9.25. The van der Waals surface area contributed by atoms with Crippen LogP contribution < -0.4 is 10.5 Å². The van der Waals surface area contributed by atoms with Crippen LogP contribution in [-0.2, 0) is 0 Å². The number of pyridine rings is 1. The van der Waals surface area contributed by atoms with Crippen LogP contribution in [0.15, 0.2) is 47.8 Å². The molecular formula is C12H10ClN3O2. The van der Waals surface area contributed by atoms with E-state index in [0.29, 0.717) is 22.2 Å². The summed E-state index contributed by atoms with van der Waals surface area (Å²) in [7, 11) is 0. The first-order valence-electron chi connectivity index (χ1n) is 5.06. The molecule has 0 spiro atoms. The fourth-order valence-corrected chi connectivity index (χ4v) is 1.49. The van der Waals surface area contributed by atoms with E-state index in [-0.39, 0.29) is 5.84 Å². The van der Waals surface area contributed by atoms with Gasteiger partial charge in [-0.25, -0.2) is 4.98 Å². The number of benzene rings is 1. The van der Waals surface area contributed by atoms with Crippen molar-refractivity contribution < 1.29 is 9.94 Å². The van der Waals surface area contributed by atoms with E-state index in [4.69, 9.17) is 27.3 Å². The highest BCUT2D eigenvalue weighted by molar-refractivity contribution is 6.30. The third-order valence-electron chi connectivity index (χ3n) is 2.14. The molecule has 1 heterocycles. The van der Waals surface area contributed by atoms with Crippen LogP contribution in [0.5, 0.6) is 11.5 Å². The average Bonchev–Trinajstić information content (AvgIpc) is 2.39. The van der Waals surface area contributed by atoms with Crippen LogP contribution >= 0.6 is 11.6 Å². The van der Waals surface area contributed by atoms with Gasteiger partial charge in [0, 0.05) is 5.02 Å². The summed E-state index contributed by atoms with van der Waals surface area (Å²) in [6.07, 6.45) is 1.48. The summed E-state index contributed by atoms with van der Waals surface area (Å²) >= 11 is 5.84. The van der Waals surface area contributed by atoms with Crippen molar-refractivity contribution in [3.8, 4) is 11.5 Å². The van der Waals surface area contributed by atoms with E-state index >= 15 is 0 Å². The lowest BCUT2D eigenvalue weighted by atomic mass is 10.3. The van der Waals surface area contributed by atoms with E-state index in [9.17, 15) is 0 Å². The quantitative estimate of drug-likeness (QED) is 0.386. The molecule has 0 saturated carbocycles. The number of oxime groups is 1. The number of ether oxygens (including phenoxy) is 1. The maximum atomic E-state index is 8.50. The van der Waals surface area contributed by atoms with Crippen LogP contribution in [-0.4, -0.2) is 16.0 Å². The molecule has 18 heavy (non-hydrogen) atoms. The maximum Gasteiger partial charge on any atom is 0.188 e. The van der Waals surface area contributed by atoms with Crippen LogP contribution in [0.3, 0.4) is 0 Å². The average molecular weight is 264 g/mol. The molecule has 3 N–H and O–H groups in total. The first kappa shape index (κ1) is 12.2. The van der Waals surface area contributed by atoms with Crippen molar-refractivity contribution in [2.75, 3.05) is 0 Å². The van der Waals surface area contributed by atoms with Crippen LogP contribution in [0, 0.1) is 0 Å². The van der Waals surface area contributed by atoms with Gasteiger partial charge in [-0.15, -0.1) is 0 Å². The highest BCUT2D eigenvalue weighted by Gasteiger charge is 2.02. The molecule has 92 valence electrons. The number of nitrogens with zero attached hydrogens (tertiary/aromatic N) is 2. The van der Waals surface area contributed by atoms with Crippen molar-refractivity contribution in [2.24, 2.45) is 10.9 Å². The van der Waals surface area contributed by atoms with Crippen molar-refractivity contribution >= 4 is 17.4 Å². The minimum Gasteiger partial charge on any atom is -0.456 e. The van der Waals surface area contributed by atoms with E-state index < -0.39 is 0 Å². The number of amidine groups is 1. The largest absolute Gasteiger partial charge is 0.456 e.